The lowest BCUT2D eigenvalue weighted by molar-refractivity contribution is -0.121. The summed E-state index contributed by atoms with van der Waals surface area (Å²) in [4.78, 5) is 42.3. The first-order chi connectivity index (χ1) is 17.9. The van der Waals surface area contributed by atoms with E-state index in [1.165, 1.54) is 0 Å². The number of carbonyl (C=O) groups excluding carboxylic acids is 2. The number of hydrogen-bond donors (Lipinski definition) is 4. The number of aromatic amines is 2. The second-order valence-electron chi connectivity index (χ2n) is 7.75. The third-order valence-electron chi connectivity index (χ3n) is 5.14. The van der Waals surface area contributed by atoms with Crippen molar-refractivity contribution in [2.24, 2.45) is 0 Å². The third-order valence-corrected chi connectivity index (χ3v) is 5.63. The van der Waals surface area contributed by atoms with Crippen LogP contribution in [0, 0.1) is 0 Å². The van der Waals surface area contributed by atoms with Crippen LogP contribution in [0.15, 0.2) is 56.3 Å². The first kappa shape index (κ1) is 26.3. The van der Waals surface area contributed by atoms with Crippen LogP contribution < -0.4 is 16.4 Å². The Bertz CT molecular complexity index is 1440. The number of fused-ring (bicyclic) bond motifs is 1. The fourth-order valence-electron chi connectivity index (χ4n) is 3.45. The summed E-state index contributed by atoms with van der Waals surface area (Å²) in [6.07, 6.45) is 0. The quantitative estimate of drug-likeness (QED) is 0.188. The number of para-hydroxylation sites is 1. The molecule has 2 heterocycles. The molecule has 0 saturated carbocycles. The van der Waals surface area contributed by atoms with Crippen molar-refractivity contribution in [2.45, 2.75) is 0 Å². The normalized spacial score (nSPS) is 11.1. The van der Waals surface area contributed by atoms with Crippen LogP contribution in [-0.4, -0.2) is 67.1 Å². The molecule has 0 saturated heterocycles. The number of aromatic nitrogens is 3. The minimum Gasteiger partial charge on any atom is -0.382 e. The predicted octanol–water partition coefficient (Wildman–Crippen LogP) is 3.14. The van der Waals surface area contributed by atoms with Crippen molar-refractivity contribution in [2.75, 3.05) is 50.8 Å². The Morgan fingerprint density at radius 3 is 2.59 bits per heavy atom. The standard InChI is InChI=1S/C24H24BrN5O7/c1-34-7-8-35-9-10-36-13-20(31)26-18-4-2-3-14-11-19(27-21(14)18)23(32)28-17-6-5-15(25)12-16(17)22-29-24(33)37-30-22/h2-6,11-12,27H,7-10,13H2,1H3,(H,26,31)(H,28,32)(H,29,30,33). The van der Waals surface area contributed by atoms with E-state index in [0.717, 1.165) is 9.86 Å². The maximum atomic E-state index is 13.1. The van der Waals surface area contributed by atoms with Gasteiger partial charge in [0, 0.05) is 22.5 Å². The Labute approximate surface area is 218 Å². The van der Waals surface area contributed by atoms with E-state index in [4.69, 9.17) is 14.2 Å². The fourth-order valence-corrected chi connectivity index (χ4v) is 3.81. The van der Waals surface area contributed by atoms with Crippen molar-refractivity contribution in [1.29, 1.82) is 0 Å². The minimum atomic E-state index is -0.710. The highest BCUT2D eigenvalue weighted by Crippen LogP contribution is 2.29. The summed E-state index contributed by atoms with van der Waals surface area (Å²) in [7, 11) is 1.59. The zero-order valence-electron chi connectivity index (χ0n) is 19.8. The van der Waals surface area contributed by atoms with Gasteiger partial charge in [-0.2, -0.15) is 0 Å². The molecule has 13 heteroatoms. The second kappa shape index (κ2) is 12.5. The van der Waals surface area contributed by atoms with Gasteiger partial charge in [0.1, 0.15) is 12.3 Å². The number of methoxy groups -OCH3 is 1. The van der Waals surface area contributed by atoms with Gasteiger partial charge in [-0.05, 0) is 30.3 Å². The predicted molar refractivity (Wildman–Crippen MR) is 139 cm³/mol. The van der Waals surface area contributed by atoms with Gasteiger partial charge in [0.15, 0.2) is 5.82 Å². The van der Waals surface area contributed by atoms with E-state index >= 15 is 0 Å². The number of carbonyl (C=O) groups is 2. The monoisotopic (exact) mass is 573 g/mol. The van der Waals surface area contributed by atoms with Gasteiger partial charge in [0.05, 0.1) is 43.3 Å². The molecule has 4 rings (SSSR count). The largest absolute Gasteiger partial charge is 0.439 e. The lowest BCUT2D eigenvalue weighted by atomic mass is 10.1. The molecular weight excluding hydrogens is 550 g/mol. The number of nitrogens with one attached hydrogen (secondary N) is 4. The molecule has 0 spiro atoms. The van der Waals surface area contributed by atoms with Crippen LogP contribution >= 0.6 is 15.9 Å². The number of amides is 2. The lowest BCUT2D eigenvalue weighted by Gasteiger charge is -2.09. The second-order valence-corrected chi connectivity index (χ2v) is 8.66. The van der Waals surface area contributed by atoms with Crippen LogP contribution in [0.3, 0.4) is 0 Å². The Morgan fingerprint density at radius 1 is 1.00 bits per heavy atom. The summed E-state index contributed by atoms with van der Waals surface area (Å²) in [5, 5.41) is 10.0. The summed E-state index contributed by atoms with van der Waals surface area (Å²) in [6, 6.07) is 12.1. The van der Waals surface area contributed by atoms with Crippen LogP contribution in [0.4, 0.5) is 11.4 Å². The number of H-pyrrole nitrogens is 2. The third kappa shape index (κ3) is 6.92. The number of halogens is 1. The molecule has 4 N–H and O–H groups in total. The van der Waals surface area contributed by atoms with Gasteiger partial charge in [0.2, 0.25) is 5.91 Å². The molecule has 0 bridgehead atoms. The van der Waals surface area contributed by atoms with E-state index in [2.05, 4.69) is 46.2 Å². The Morgan fingerprint density at radius 2 is 1.81 bits per heavy atom. The highest BCUT2D eigenvalue weighted by atomic mass is 79.9. The number of ether oxygens (including phenoxy) is 3. The van der Waals surface area contributed by atoms with Crippen LogP contribution in [0.1, 0.15) is 10.5 Å². The van der Waals surface area contributed by atoms with Crippen molar-refractivity contribution in [1.82, 2.24) is 15.1 Å². The SMILES string of the molecule is COCCOCCOCC(=O)Nc1cccc2cc(C(=O)Nc3ccc(Br)cc3-c3noc(=O)[nH]3)[nH]c12. The topological polar surface area (TPSA) is 161 Å². The van der Waals surface area contributed by atoms with Gasteiger partial charge in [-0.3, -0.25) is 19.1 Å². The zero-order chi connectivity index (χ0) is 26.2. The molecule has 0 aliphatic heterocycles. The summed E-state index contributed by atoms with van der Waals surface area (Å²) in [5.74, 6) is -1.31. The van der Waals surface area contributed by atoms with E-state index < -0.39 is 11.7 Å². The number of benzene rings is 2. The van der Waals surface area contributed by atoms with E-state index in [1.807, 2.05) is 6.07 Å². The Balaban J connectivity index is 1.43. The summed E-state index contributed by atoms with van der Waals surface area (Å²) >= 11 is 3.37. The fraction of sp³-hybridized carbons (Fsp3) is 0.250. The molecule has 0 aliphatic rings. The van der Waals surface area contributed by atoms with Gasteiger partial charge in [-0.15, -0.1) is 0 Å². The molecule has 0 aliphatic carbocycles. The molecule has 0 fully saturated rings. The minimum absolute atomic E-state index is 0.144. The zero-order valence-corrected chi connectivity index (χ0v) is 21.3. The lowest BCUT2D eigenvalue weighted by Crippen LogP contribution is -2.20. The first-order valence-electron chi connectivity index (χ1n) is 11.2. The van der Waals surface area contributed by atoms with Crippen molar-refractivity contribution in [3.8, 4) is 11.4 Å². The van der Waals surface area contributed by atoms with Crippen LogP contribution in [-0.2, 0) is 19.0 Å². The van der Waals surface area contributed by atoms with Gasteiger partial charge < -0.3 is 29.8 Å². The van der Waals surface area contributed by atoms with Crippen molar-refractivity contribution in [3.63, 3.8) is 0 Å². The molecule has 0 atom stereocenters. The number of hydrogen-bond acceptors (Lipinski definition) is 8. The summed E-state index contributed by atoms with van der Waals surface area (Å²) in [6.45, 7) is 1.43. The van der Waals surface area contributed by atoms with Crippen LogP contribution in [0.5, 0.6) is 0 Å². The maximum absolute atomic E-state index is 13.1. The molecule has 37 heavy (non-hydrogen) atoms. The van der Waals surface area contributed by atoms with E-state index in [1.54, 1.807) is 43.5 Å². The molecular formula is C24H24BrN5O7. The molecule has 2 aromatic heterocycles. The number of nitrogens with zero attached hydrogens (tertiary/aromatic N) is 1. The summed E-state index contributed by atoms with van der Waals surface area (Å²) < 4.78 is 20.8. The van der Waals surface area contributed by atoms with E-state index in [-0.39, 0.29) is 30.6 Å². The van der Waals surface area contributed by atoms with E-state index in [0.29, 0.717) is 42.3 Å². The first-order valence-corrected chi connectivity index (χ1v) is 12.0. The van der Waals surface area contributed by atoms with Gasteiger partial charge in [-0.25, -0.2) is 4.79 Å². The Kier molecular flexibility index (Phi) is 8.85. The van der Waals surface area contributed by atoms with Crippen molar-refractivity contribution >= 4 is 50.0 Å². The van der Waals surface area contributed by atoms with Gasteiger partial charge in [0.25, 0.3) is 5.91 Å². The molecule has 2 amide bonds. The number of anilines is 2. The highest BCUT2D eigenvalue weighted by Gasteiger charge is 2.17. The molecule has 0 unspecified atom stereocenters. The average molecular weight is 574 g/mol. The van der Waals surface area contributed by atoms with Gasteiger partial charge >= 0.3 is 5.76 Å². The average Bonchev–Trinajstić information content (AvgIpc) is 3.51. The molecule has 0 radical (unpaired) electrons. The molecule has 4 aromatic rings. The molecule has 194 valence electrons. The van der Waals surface area contributed by atoms with Crippen molar-refractivity contribution < 1.29 is 28.3 Å². The molecule has 2 aromatic carbocycles. The highest BCUT2D eigenvalue weighted by molar-refractivity contribution is 9.10. The summed E-state index contributed by atoms with van der Waals surface area (Å²) in [5.41, 5.74) is 2.23. The smallest absolute Gasteiger partial charge is 0.382 e. The number of rotatable bonds is 12. The molecule has 12 nitrogen and oxygen atoms in total. The van der Waals surface area contributed by atoms with E-state index in [9.17, 15) is 14.4 Å². The van der Waals surface area contributed by atoms with Crippen LogP contribution in [0.2, 0.25) is 0 Å². The maximum Gasteiger partial charge on any atom is 0.439 e. The van der Waals surface area contributed by atoms with Gasteiger partial charge in [-0.1, -0.05) is 33.2 Å². The van der Waals surface area contributed by atoms with Crippen molar-refractivity contribution in [3.05, 3.63) is 63.2 Å². The van der Waals surface area contributed by atoms with Crippen LogP contribution in [0.25, 0.3) is 22.3 Å². The Hall–Kier alpha value is -3.78.